The molecule has 1 aromatic rings. The SMILES string of the molecule is CCCCCC(=O)Oc1ccncn1. The summed E-state index contributed by atoms with van der Waals surface area (Å²) in [6, 6.07) is 1.57. The van der Waals surface area contributed by atoms with Crippen LogP contribution in [0.1, 0.15) is 32.6 Å². The summed E-state index contributed by atoms with van der Waals surface area (Å²) in [5, 5.41) is 0. The third kappa shape index (κ3) is 3.98. The Labute approximate surface area is 83.3 Å². The van der Waals surface area contributed by atoms with Gasteiger partial charge in [-0.3, -0.25) is 4.79 Å². The first-order chi connectivity index (χ1) is 6.83. The van der Waals surface area contributed by atoms with E-state index in [1.807, 2.05) is 0 Å². The quantitative estimate of drug-likeness (QED) is 0.531. The van der Waals surface area contributed by atoms with Crippen molar-refractivity contribution in [3.8, 4) is 5.88 Å². The van der Waals surface area contributed by atoms with E-state index < -0.39 is 0 Å². The molecular formula is C10H14N2O2. The van der Waals surface area contributed by atoms with Gasteiger partial charge in [-0.2, -0.15) is 0 Å². The van der Waals surface area contributed by atoms with E-state index in [4.69, 9.17) is 4.74 Å². The summed E-state index contributed by atoms with van der Waals surface area (Å²) in [4.78, 5) is 18.7. The number of unbranched alkanes of at least 4 members (excludes halogenated alkanes) is 2. The van der Waals surface area contributed by atoms with Crippen LogP contribution in [0.4, 0.5) is 0 Å². The number of nitrogens with zero attached hydrogens (tertiary/aromatic N) is 2. The molecule has 1 rings (SSSR count). The fourth-order valence-corrected chi connectivity index (χ4v) is 1.03. The van der Waals surface area contributed by atoms with Crippen molar-refractivity contribution in [1.82, 2.24) is 9.97 Å². The molecule has 0 aliphatic rings. The molecule has 0 atom stereocenters. The third-order valence-corrected chi connectivity index (χ3v) is 1.76. The topological polar surface area (TPSA) is 52.1 Å². The van der Waals surface area contributed by atoms with Crippen molar-refractivity contribution in [3.05, 3.63) is 18.6 Å². The molecule has 0 saturated heterocycles. The molecule has 4 heteroatoms. The predicted molar refractivity (Wildman–Crippen MR) is 51.8 cm³/mol. The zero-order valence-corrected chi connectivity index (χ0v) is 8.27. The molecule has 1 heterocycles. The van der Waals surface area contributed by atoms with Crippen LogP contribution in [0.5, 0.6) is 5.88 Å². The molecule has 0 radical (unpaired) electrons. The van der Waals surface area contributed by atoms with Gasteiger partial charge in [0.25, 0.3) is 0 Å². The largest absolute Gasteiger partial charge is 0.407 e. The molecule has 0 spiro atoms. The molecule has 14 heavy (non-hydrogen) atoms. The lowest BCUT2D eigenvalue weighted by molar-refractivity contribution is -0.134. The maximum atomic E-state index is 11.2. The van der Waals surface area contributed by atoms with Gasteiger partial charge in [-0.1, -0.05) is 19.8 Å². The van der Waals surface area contributed by atoms with Gasteiger partial charge < -0.3 is 4.74 Å². The van der Waals surface area contributed by atoms with Crippen LogP contribution in [0.25, 0.3) is 0 Å². The van der Waals surface area contributed by atoms with E-state index in [2.05, 4.69) is 16.9 Å². The first-order valence-electron chi connectivity index (χ1n) is 4.79. The monoisotopic (exact) mass is 194 g/mol. The Morgan fingerprint density at radius 2 is 2.36 bits per heavy atom. The fraction of sp³-hybridized carbons (Fsp3) is 0.500. The number of carbonyl (C=O) groups excluding carboxylic acids is 1. The Bertz CT molecular complexity index is 275. The second-order valence-corrected chi connectivity index (χ2v) is 2.98. The molecule has 76 valence electrons. The van der Waals surface area contributed by atoms with E-state index in [1.54, 1.807) is 12.3 Å². The normalized spacial score (nSPS) is 9.79. The van der Waals surface area contributed by atoms with E-state index in [9.17, 15) is 4.79 Å². The Hall–Kier alpha value is -1.45. The van der Waals surface area contributed by atoms with Crippen LogP contribution in [-0.4, -0.2) is 15.9 Å². The number of hydrogen-bond acceptors (Lipinski definition) is 4. The fourth-order valence-electron chi connectivity index (χ4n) is 1.03. The van der Waals surface area contributed by atoms with E-state index in [-0.39, 0.29) is 5.97 Å². The molecule has 0 bridgehead atoms. The molecule has 0 aliphatic heterocycles. The molecule has 0 saturated carbocycles. The summed E-state index contributed by atoms with van der Waals surface area (Å²) in [6.45, 7) is 2.09. The van der Waals surface area contributed by atoms with Crippen molar-refractivity contribution in [2.24, 2.45) is 0 Å². The zero-order chi connectivity index (χ0) is 10.2. The van der Waals surface area contributed by atoms with Crippen LogP contribution in [0.3, 0.4) is 0 Å². The number of hydrogen-bond donors (Lipinski definition) is 0. The van der Waals surface area contributed by atoms with Crippen molar-refractivity contribution < 1.29 is 9.53 Å². The number of rotatable bonds is 5. The minimum Gasteiger partial charge on any atom is -0.407 e. The highest BCUT2D eigenvalue weighted by Gasteiger charge is 2.04. The first kappa shape index (κ1) is 10.6. The molecule has 1 aromatic heterocycles. The van der Waals surface area contributed by atoms with E-state index in [0.717, 1.165) is 19.3 Å². The van der Waals surface area contributed by atoms with E-state index >= 15 is 0 Å². The second-order valence-electron chi connectivity index (χ2n) is 2.98. The highest BCUT2D eigenvalue weighted by atomic mass is 16.5. The summed E-state index contributed by atoms with van der Waals surface area (Å²) < 4.78 is 4.97. The number of esters is 1. The lowest BCUT2D eigenvalue weighted by Crippen LogP contribution is -2.08. The molecule has 4 nitrogen and oxygen atoms in total. The minimum atomic E-state index is -0.225. The Morgan fingerprint density at radius 1 is 1.50 bits per heavy atom. The molecule has 0 aliphatic carbocycles. The molecule has 0 fully saturated rings. The first-order valence-corrected chi connectivity index (χ1v) is 4.79. The van der Waals surface area contributed by atoms with Crippen LogP contribution < -0.4 is 4.74 Å². The molecule has 0 unspecified atom stereocenters. The van der Waals surface area contributed by atoms with Crippen molar-refractivity contribution in [3.63, 3.8) is 0 Å². The highest BCUT2D eigenvalue weighted by Crippen LogP contribution is 2.05. The van der Waals surface area contributed by atoms with Crippen LogP contribution in [0.15, 0.2) is 18.6 Å². The Balaban J connectivity index is 2.27. The maximum absolute atomic E-state index is 11.2. The summed E-state index contributed by atoms with van der Waals surface area (Å²) in [7, 11) is 0. The van der Waals surface area contributed by atoms with Crippen LogP contribution in [0, 0.1) is 0 Å². The number of aromatic nitrogens is 2. The Kier molecular flexibility index (Phi) is 4.61. The van der Waals surface area contributed by atoms with Crippen LogP contribution in [0.2, 0.25) is 0 Å². The number of ether oxygens (including phenoxy) is 1. The van der Waals surface area contributed by atoms with E-state index in [0.29, 0.717) is 12.3 Å². The van der Waals surface area contributed by atoms with Crippen molar-refractivity contribution >= 4 is 5.97 Å². The molecule has 0 amide bonds. The van der Waals surface area contributed by atoms with Crippen molar-refractivity contribution in [2.45, 2.75) is 32.6 Å². The van der Waals surface area contributed by atoms with E-state index in [1.165, 1.54) is 6.33 Å². The average molecular weight is 194 g/mol. The average Bonchev–Trinajstić information content (AvgIpc) is 2.20. The number of carbonyl (C=O) groups is 1. The lowest BCUT2D eigenvalue weighted by Gasteiger charge is -2.01. The van der Waals surface area contributed by atoms with Crippen molar-refractivity contribution in [2.75, 3.05) is 0 Å². The smallest absolute Gasteiger partial charge is 0.312 e. The van der Waals surface area contributed by atoms with Crippen LogP contribution in [-0.2, 0) is 4.79 Å². The van der Waals surface area contributed by atoms with Gasteiger partial charge >= 0.3 is 5.97 Å². The standard InChI is InChI=1S/C10H14N2O2/c1-2-3-4-5-10(13)14-9-6-7-11-8-12-9/h6-8H,2-5H2,1H3. The molecule has 0 aromatic carbocycles. The van der Waals surface area contributed by atoms with Crippen molar-refractivity contribution in [1.29, 1.82) is 0 Å². The third-order valence-electron chi connectivity index (χ3n) is 1.76. The highest BCUT2D eigenvalue weighted by molar-refractivity contribution is 5.71. The van der Waals surface area contributed by atoms with Gasteiger partial charge in [0.2, 0.25) is 5.88 Å². The van der Waals surface area contributed by atoms with Gasteiger partial charge in [0.15, 0.2) is 0 Å². The van der Waals surface area contributed by atoms with Gasteiger partial charge in [-0.25, -0.2) is 9.97 Å². The maximum Gasteiger partial charge on any atom is 0.312 e. The van der Waals surface area contributed by atoms with Gasteiger partial charge in [0.1, 0.15) is 6.33 Å². The lowest BCUT2D eigenvalue weighted by atomic mass is 10.2. The van der Waals surface area contributed by atoms with Gasteiger partial charge in [-0.15, -0.1) is 0 Å². The minimum absolute atomic E-state index is 0.225. The second kappa shape index (κ2) is 6.07. The summed E-state index contributed by atoms with van der Waals surface area (Å²) in [6.07, 6.45) is 6.38. The van der Waals surface area contributed by atoms with Gasteiger partial charge in [0.05, 0.1) is 0 Å². The summed E-state index contributed by atoms with van der Waals surface area (Å²) in [5.74, 6) is 0.0960. The molecule has 0 N–H and O–H groups in total. The summed E-state index contributed by atoms with van der Waals surface area (Å²) in [5.41, 5.74) is 0. The zero-order valence-electron chi connectivity index (χ0n) is 8.27. The molecular weight excluding hydrogens is 180 g/mol. The van der Waals surface area contributed by atoms with Gasteiger partial charge in [-0.05, 0) is 6.42 Å². The Morgan fingerprint density at radius 3 is 3.00 bits per heavy atom. The summed E-state index contributed by atoms with van der Waals surface area (Å²) >= 11 is 0. The van der Waals surface area contributed by atoms with Gasteiger partial charge in [0, 0.05) is 18.7 Å². The predicted octanol–water partition coefficient (Wildman–Crippen LogP) is 1.96. The van der Waals surface area contributed by atoms with Crippen LogP contribution >= 0.6 is 0 Å².